The van der Waals surface area contributed by atoms with E-state index in [0.29, 0.717) is 6.04 Å². The molecule has 120 valence electrons. The number of hydrogen-bond donors (Lipinski definition) is 2. The zero-order chi connectivity index (χ0) is 15.7. The number of hydrogen-bond acceptors (Lipinski definition) is 4. The normalized spacial score (nSPS) is 26.7. The Labute approximate surface area is 131 Å². The molecule has 0 bridgehead atoms. The van der Waals surface area contributed by atoms with Gasteiger partial charge in [0.05, 0.1) is 13.2 Å². The van der Waals surface area contributed by atoms with Gasteiger partial charge in [0.25, 0.3) is 0 Å². The summed E-state index contributed by atoms with van der Waals surface area (Å²) in [4.78, 5) is 14.4. The number of carbonyl (C=O) groups is 1. The Bertz CT molecular complexity index is 542. The van der Waals surface area contributed by atoms with E-state index < -0.39 is 6.10 Å². The lowest BCUT2D eigenvalue weighted by Gasteiger charge is -2.29. The van der Waals surface area contributed by atoms with Crippen LogP contribution in [0.1, 0.15) is 37.8 Å². The third kappa shape index (κ3) is 3.10. The number of nitrogens with zero attached hydrogens (tertiary/aromatic N) is 1. The number of methoxy groups -OCH3 is 1. The molecule has 1 saturated carbocycles. The minimum atomic E-state index is -0.971. The van der Waals surface area contributed by atoms with Gasteiger partial charge in [-0.3, -0.25) is 9.69 Å². The summed E-state index contributed by atoms with van der Waals surface area (Å²) in [6.07, 6.45) is 2.41. The van der Waals surface area contributed by atoms with E-state index >= 15 is 0 Å². The number of ether oxygens (including phenoxy) is 1. The first kappa shape index (κ1) is 15.3. The van der Waals surface area contributed by atoms with Crippen molar-refractivity contribution in [2.45, 2.75) is 50.4 Å². The molecule has 3 rings (SSSR count). The molecule has 1 aromatic carbocycles. The third-order valence-electron chi connectivity index (χ3n) is 4.60. The lowest BCUT2D eigenvalue weighted by Crippen LogP contribution is -2.43. The van der Waals surface area contributed by atoms with Crippen LogP contribution in [0.5, 0.6) is 5.75 Å². The SMILES string of the molecule is COc1cccc([C@@H]2[C@H](NC(=O)[C@H](C)O)CCN2C2CC2)c1. The number of benzene rings is 1. The first-order valence-electron chi connectivity index (χ1n) is 7.98. The maximum Gasteiger partial charge on any atom is 0.248 e. The van der Waals surface area contributed by atoms with Gasteiger partial charge in [-0.05, 0) is 43.9 Å². The number of likely N-dealkylation sites (tertiary alicyclic amines) is 1. The second-order valence-electron chi connectivity index (χ2n) is 6.27. The molecule has 2 N–H and O–H groups in total. The van der Waals surface area contributed by atoms with Crippen molar-refractivity contribution >= 4 is 5.91 Å². The molecule has 0 radical (unpaired) electrons. The highest BCUT2D eigenvalue weighted by Crippen LogP contribution is 2.41. The lowest BCUT2D eigenvalue weighted by molar-refractivity contribution is -0.129. The van der Waals surface area contributed by atoms with Gasteiger partial charge in [0.15, 0.2) is 0 Å². The van der Waals surface area contributed by atoms with Crippen molar-refractivity contribution < 1.29 is 14.6 Å². The quantitative estimate of drug-likeness (QED) is 0.865. The summed E-state index contributed by atoms with van der Waals surface area (Å²) < 4.78 is 5.33. The van der Waals surface area contributed by atoms with Crippen LogP contribution in [0, 0.1) is 0 Å². The standard InChI is InChI=1S/C17H24N2O3/c1-11(20)17(21)18-15-8-9-19(13-6-7-13)16(15)12-4-3-5-14(10-12)22-2/h3-5,10-11,13,15-16,20H,6-9H2,1-2H3,(H,18,21)/t11-,15+,16+/m0/s1. The van der Waals surface area contributed by atoms with Crippen LogP contribution in [0.4, 0.5) is 0 Å². The van der Waals surface area contributed by atoms with Gasteiger partial charge in [0.1, 0.15) is 11.9 Å². The van der Waals surface area contributed by atoms with Crippen LogP contribution < -0.4 is 10.1 Å². The molecule has 1 aliphatic carbocycles. The predicted molar refractivity (Wildman–Crippen MR) is 83.7 cm³/mol. The van der Waals surface area contributed by atoms with Crippen molar-refractivity contribution in [3.05, 3.63) is 29.8 Å². The summed E-state index contributed by atoms with van der Waals surface area (Å²) in [7, 11) is 1.67. The number of aliphatic hydroxyl groups excluding tert-OH is 1. The molecule has 3 atom stereocenters. The topological polar surface area (TPSA) is 61.8 Å². The molecule has 1 saturated heterocycles. The molecule has 1 heterocycles. The highest BCUT2D eigenvalue weighted by molar-refractivity contribution is 5.80. The first-order valence-corrected chi connectivity index (χ1v) is 7.98. The molecule has 2 aliphatic rings. The smallest absolute Gasteiger partial charge is 0.248 e. The molecule has 1 amide bonds. The molecule has 0 unspecified atom stereocenters. The second-order valence-corrected chi connectivity index (χ2v) is 6.27. The number of nitrogens with one attached hydrogen (secondary N) is 1. The van der Waals surface area contributed by atoms with Crippen LogP contribution >= 0.6 is 0 Å². The average Bonchev–Trinajstić information content (AvgIpc) is 3.28. The Kier molecular flexibility index (Phi) is 4.36. The lowest BCUT2D eigenvalue weighted by atomic mass is 9.99. The number of aliphatic hydroxyl groups is 1. The van der Waals surface area contributed by atoms with Crippen molar-refractivity contribution in [1.29, 1.82) is 0 Å². The molecular formula is C17H24N2O3. The number of carbonyl (C=O) groups excluding carboxylic acids is 1. The highest BCUT2D eigenvalue weighted by atomic mass is 16.5. The van der Waals surface area contributed by atoms with E-state index in [-0.39, 0.29) is 18.0 Å². The molecule has 2 fully saturated rings. The van der Waals surface area contributed by atoms with Crippen LogP contribution in [0.25, 0.3) is 0 Å². The minimum absolute atomic E-state index is 0.0369. The van der Waals surface area contributed by atoms with Crippen LogP contribution in [0.2, 0.25) is 0 Å². The van der Waals surface area contributed by atoms with Gasteiger partial charge in [-0.25, -0.2) is 0 Å². The van der Waals surface area contributed by atoms with Gasteiger partial charge in [-0.1, -0.05) is 12.1 Å². The molecule has 0 aromatic heterocycles. The Hall–Kier alpha value is -1.59. The third-order valence-corrected chi connectivity index (χ3v) is 4.60. The van der Waals surface area contributed by atoms with Crippen LogP contribution in [0.15, 0.2) is 24.3 Å². The Morgan fingerprint density at radius 3 is 2.82 bits per heavy atom. The molecule has 5 heteroatoms. The van der Waals surface area contributed by atoms with Gasteiger partial charge in [0.2, 0.25) is 5.91 Å². The summed E-state index contributed by atoms with van der Waals surface area (Å²) in [5, 5.41) is 12.5. The predicted octanol–water partition coefficient (Wildman–Crippen LogP) is 1.47. The Balaban J connectivity index is 1.84. The Morgan fingerprint density at radius 2 is 2.18 bits per heavy atom. The maximum atomic E-state index is 11.9. The van der Waals surface area contributed by atoms with Gasteiger partial charge in [-0.2, -0.15) is 0 Å². The van der Waals surface area contributed by atoms with E-state index in [1.54, 1.807) is 7.11 Å². The molecule has 0 spiro atoms. The van der Waals surface area contributed by atoms with E-state index in [1.165, 1.54) is 25.3 Å². The fourth-order valence-corrected chi connectivity index (χ4v) is 3.34. The number of rotatable bonds is 5. The second kappa shape index (κ2) is 6.26. The summed E-state index contributed by atoms with van der Waals surface area (Å²) >= 11 is 0. The number of amides is 1. The monoisotopic (exact) mass is 304 g/mol. The van der Waals surface area contributed by atoms with Crippen LogP contribution in [0.3, 0.4) is 0 Å². The Morgan fingerprint density at radius 1 is 1.41 bits per heavy atom. The van der Waals surface area contributed by atoms with Crippen molar-refractivity contribution in [3.8, 4) is 5.75 Å². The zero-order valence-electron chi connectivity index (χ0n) is 13.2. The van der Waals surface area contributed by atoms with E-state index in [0.717, 1.165) is 18.7 Å². The molecular weight excluding hydrogens is 280 g/mol. The van der Waals surface area contributed by atoms with Crippen molar-refractivity contribution in [2.75, 3.05) is 13.7 Å². The van der Waals surface area contributed by atoms with E-state index in [2.05, 4.69) is 16.3 Å². The average molecular weight is 304 g/mol. The van der Waals surface area contributed by atoms with Crippen molar-refractivity contribution in [1.82, 2.24) is 10.2 Å². The van der Waals surface area contributed by atoms with Crippen LogP contribution in [-0.4, -0.2) is 47.8 Å². The molecule has 22 heavy (non-hydrogen) atoms. The largest absolute Gasteiger partial charge is 0.497 e. The van der Waals surface area contributed by atoms with E-state index in [9.17, 15) is 9.90 Å². The molecule has 1 aromatic rings. The fourth-order valence-electron chi connectivity index (χ4n) is 3.34. The van der Waals surface area contributed by atoms with Crippen molar-refractivity contribution in [3.63, 3.8) is 0 Å². The van der Waals surface area contributed by atoms with Gasteiger partial charge in [0, 0.05) is 18.6 Å². The van der Waals surface area contributed by atoms with E-state index in [1.807, 2.05) is 18.2 Å². The minimum Gasteiger partial charge on any atom is -0.497 e. The van der Waals surface area contributed by atoms with Gasteiger partial charge >= 0.3 is 0 Å². The summed E-state index contributed by atoms with van der Waals surface area (Å²) in [5.74, 6) is 0.538. The highest BCUT2D eigenvalue weighted by Gasteiger charge is 2.43. The fraction of sp³-hybridized carbons (Fsp3) is 0.588. The first-order chi connectivity index (χ1) is 10.6. The van der Waals surface area contributed by atoms with Gasteiger partial charge < -0.3 is 15.2 Å². The van der Waals surface area contributed by atoms with Crippen LogP contribution in [-0.2, 0) is 4.79 Å². The summed E-state index contributed by atoms with van der Waals surface area (Å²) in [5.41, 5.74) is 1.17. The van der Waals surface area contributed by atoms with E-state index in [4.69, 9.17) is 4.74 Å². The summed E-state index contributed by atoms with van der Waals surface area (Å²) in [6.45, 7) is 2.49. The molecule has 1 aliphatic heterocycles. The maximum absolute atomic E-state index is 11.9. The summed E-state index contributed by atoms with van der Waals surface area (Å²) in [6, 6.07) is 8.89. The molecule has 5 nitrogen and oxygen atoms in total. The van der Waals surface area contributed by atoms with Gasteiger partial charge in [-0.15, -0.1) is 0 Å². The van der Waals surface area contributed by atoms with Crippen molar-refractivity contribution in [2.24, 2.45) is 0 Å². The zero-order valence-corrected chi connectivity index (χ0v) is 13.2.